The molecule has 0 amide bonds. The first-order valence-corrected chi connectivity index (χ1v) is 32.4. The molecule has 0 heterocycles. The summed E-state index contributed by atoms with van der Waals surface area (Å²) in [6.45, 7) is 2.65. The first kappa shape index (κ1) is 66.5. The van der Waals surface area contributed by atoms with Gasteiger partial charge in [-0.1, -0.05) is 203 Å². The number of ether oxygens (including phenoxy) is 3. The van der Waals surface area contributed by atoms with Gasteiger partial charge < -0.3 is 31.4 Å². The molecule has 6 N–H and O–H groups in total. The van der Waals surface area contributed by atoms with Crippen LogP contribution in [0.15, 0.2) is 200 Å². The van der Waals surface area contributed by atoms with E-state index in [-0.39, 0.29) is 72.6 Å². The van der Waals surface area contributed by atoms with Gasteiger partial charge in [0.05, 0.1) is 17.8 Å². The topological polar surface area (TPSA) is 208 Å². The summed E-state index contributed by atoms with van der Waals surface area (Å²) in [5.74, 6) is 0.938. The maximum Gasteiger partial charge on any atom is 0.311 e. The molecule has 2 fully saturated rings. The summed E-state index contributed by atoms with van der Waals surface area (Å²) in [5, 5.41) is 6.85. The van der Waals surface area contributed by atoms with Crippen LogP contribution in [0.25, 0.3) is 32.3 Å². The second-order valence-corrected chi connectivity index (χ2v) is 24.3. The molecule has 3 unspecified atom stereocenters. The lowest BCUT2D eigenvalue weighted by atomic mass is 9.87. The summed E-state index contributed by atoms with van der Waals surface area (Å²) in [6.07, 6.45) is 13.7. The molecule has 2 aliphatic carbocycles. The fourth-order valence-corrected chi connectivity index (χ4v) is 12.5. The Morgan fingerprint density at radius 1 is 0.363 bits per heavy atom. The van der Waals surface area contributed by atoms with Crippen molar-refractivity contribution in [2.45, 2.75) is 127 Å². The van der Waals surface area contributed by atoms with Gasteiger partial charge in [0.1, 0.15) is 34.6 Å². The van der Waals surface area contributed by atoms with Crippen molar-refractivity contribution in [3.8, 4) is 17.2 Å². The van der Waals surface area contributed by atoms with Crippen molar-refractivity contribution in [3.63, 3.8) is 0 Å². The largest absolute Gasteiger partial charge is 0.427 e. The van der Waals surface area contributed by atoms with Gasteiger partial charge in [0.15, 0.2) is 0 Å². The number of benzene rings is 9. The van der Waals surface area contributed by atoms with Gasteiger partial charge in [-0.15, -0.1) is 0 Å². The minimum atomic E-state index is -0.383. The Labute approximate surface area is 534 Å². The highest BCUT2D eigenvalue weighted by atomic mass is 16.5. The van der Waals surface area contributed by atoms with Gasteiger partial charge in [-0.05, 0) is 146 Å². The number of rotatable bonds is 24. The van der Waals surface area contributed by atoms with E-state index in [9.17, 15) is 28.8 Å². The van der Waals surface area contributed by atoms with Crippen LogP contribution in [0, 0.1) is 11.8 Å². The molecule has 9 aromatic rings. The van der Waals surface area contributed by atoms with E-state index in [4.69, 9.17) is 31.4 Å². The molecule has 0 radical (unpaired) electrons. The molecule has 0 spiro atoms. The highest BCUT2D eigenvalue weighted by molar-refractivity contribution is 5.92. The Morgan fingerprint density at radius 3 is 0.945 bits per heavy atom. The Balaban J connectivity index is 0.000000162. The summed E-state index contributed by atoms with van der Waals surface area (Å²) < 4.78 is 16.3. The van der Waals surface area contributed by atoms with Crippen molar-refractivity contribution in [2.75, 3.05) is 19.6 Å². The Bertz CT molecular complexity index is 3890. The Kier molecular flexibility index (Phi) is 24.7. The van der Waals surface area contributed by atoms with E-state index in [0.717, 1.165) is 97.8 Å². The van der Waals surface area contributed by atoms with Crippen LogP contribution in [0.2, 0.25) is 0 Å². The highest BCUT2D eigenvalue weighted by Gasteiger charge is 2.25. The average Bonchev–Trinajstić information content (AvgIpc) is 3.09. The monoisotopic (exact) mass is 1220 g/mol. The first-order valence-electron chi connectivity index (χ1n) is 32.4. The molecule has 91 heavy (non-hydrogen) atoms. The third kappa shape index (κ3) is 19.5. The molecule has 2 aliphatic rings. The number of carbonyl (C=O) groups excluding carboxylic acids is 6. The molecule has 12 heteroatoms. The number of Topliss-reactive ketones (excluding diaryl/α,β-unsaturated/α-hetero) is 3. The molecule has 0 saturated heterocycles. The molecule has 12 nitrogen and oxygen atoms in total. The number of carbonyl (C=O) groups is 6. The zero-order valence-electron chi connectivity index (χ0n) is 52.3. The van der Waals surface area contributed by atoms with Gasteiger partial charge >= 0.3 is 17.9 Å². The SMILES string of the molecule is CCCC(=O)Oc1ccc(C(CN)C(=O)Cc2ccc3ccccc3c2)cc1.NCC(C(=O)Cc1ccc2ccccc2c1)c1ccc(OC(=O)CC2CCCC2)cc1.NCC(C(=O)Cc1ccc2ccccc2c1)c1ccc(OC(=O)CC2CCCCC2)cc1. The summed E-state index contributed by atoms with van der Waals surface area (Å²) in [6, 6.07) is 64.1. The van der Waals surface area contributed by atoms with Crippen LogP contribution < -0.4 is 31.4 Å². The molecule has 0 aromatic heterocycles. The standard InChI is InChI=1S/C28H31NO3.C27H29NO3.C24H25NO3/c29-19-26(27(30)17-21-10-11-22-8-4-5-9-24(22)16-21)23-12-14-25(15-13-23)32-28(31)18-20-6-2-1-3-7-20;28-18-25(26(29)16-20-9-10-21-7-3-4-8-23(21)15-20)22-11-13-24(14-12-22)31-27(30)17-19-5-1-2-6-19;1-2-5-24(27)28-21-12-10-19(11-13-21)22(16-25)23(26)15-17-8-9-18-6-3-4-7-20(18)14-17/h4-5,8-16,20,26H,1-3,6-7,17-19,29H2;3-4,7-15,19,25H,1-2,5-6,16-18,28H2;3-4,6-14,22H,2,5,15-16,25H2,1H3. The molecule has 9 aromatic carbocycles. The van der Waals surface area contributed by atoms with Crippen LogP contribution >= 0.6 is 0 Å². The van der Waals surface area contributed by atoms with Crippen molar-refractivity contribution in [3.05, 3.63) is 234 Å². The molecule has 470 valence electrons. The average molecular weight is 1220 g/mol. The predicted octanol–water partition coefficient (Wildman–Crippen LogP) is 15.1. The van der Waals surface area contributed by atoms with E-state index < -0.39 is 0 Å². The molecule has 2 saturated carbocycles. The second kappa shape index (κ2) is 33.8. The summed E-state index contributed by atoms with van der Waals surface area (Å²) >= 11 is 0. The van der Waals surface area contributed by atoms with E-state index in [1.54, 1.807) is 36.4 Å². The van der Waals surface area contributed by atoms with Crippen molar-refractivity contribution in [1.29, 1.82) is 0 Å². The van der Waals surface area contributed by atoms with Crippen LogP contribution in [-0.2, 0) is 48.0 Å². The first-order chi connectivity index (χ1) is 44.3. The van der Waals surface area contributed by atoms with E-state index in [1.165, 1.54) is 32.1 Å². The van der Waals surface area contributed by atoms with Crippen molar-refractivity contribution in [1.82, 2.24) is 0 Å². The van der Waals surface area contributed by atoms with E-state index in [1.807, 2.05) is 122 Å². The minimum absolute atomic E-state index is 0.0773. The number of hydrogen-bond donors (Lipinski definition) is 3. The molecule has 3 atom stereocenters. The van der Waals surface area contributed by atoms with Gasteiger partial charge in [-0.25, -0.2) is 0 Å². The van der Waals surface area contributed by atoms with E-state index in [2.05, 4.69) is 48.5 Å². The third-order valence-corrected chi connectivity index (χ3v) is 17.6. The van der Waals surface area contributed by atoms with Gasteiger partial charge in [-0.3, -0.25) is 28.8 Å². The van der Waals surface area contributed by atoms with Gasteiger partial charge in [0.2, 0.25) is 0 Å². The van der Waals surface area contributed by atoms with Gasteiger partial charge in [0.25, 0.3) is 0 Å². The Hall–Kier alpha value is -8.94. The quantitative estimate of drug-likeness (QED) is 0.0381. The zero-order valence-corrected chi connectivity index (χ0v) is 52.3. The summed E-state index contributed by atoms with van der Waals surface area (Å²) in [4.78, 5) is 74.8. The number of hydrogen-bond acceptors (Lipinski definition) is 12. The predicted molar refractivity (Wildman–Crippen MR) is 362 cm³/mol. The number of esters is 3. The van der Waals surface area contributed by atoms with Crippen molar-refractivity contribution >= 4 is 67.6 Å². The maximum absolute atomic E-state index is 13.0. The zero-order chi connectivity index (χ0) is 63.9. The van der Waals surface area contributed by atoms with Crippen molar-refractivity contribution in [2.24, 2.45) is 29.0 Å². The fraction of sp³-hybridized carbons (Fsp3) is 0.316. The number of nitrogens with two attached hydrogens (primary N) is 3. The maximum atomic E-state index is 13.0. The van der Waals surface area contributed by atoms with E-state index >= 15 is 0 Å². The van der Waals surface area contributed by atoms with Crippen LogP contribution in [-0.4, -0.2) is 54.9 Å². The fourth-order valence-electron chi connectivity index (χ4n) is 12.5. The molecule has 11 rings (SSSR count). The van der Waals surface area contributed by atoms with Crippen LogP contribution in [0.1, 0.15) is 142 Å². The second-order valence-electron chi connectivity index (χ2n) is 24.3. The molecule has 0 aliphatic heterocycles. The van der Waals surface area contributed by atoms with Gasteiger partial charge in [-0.2, -0.15) is 0 Å². The van der Waals surface area contributed by atoms with Crippen molar-refractivity contribution < 1.29 is 43.0 Å². The highest BCUT2D eigenvalue weighted by Crippen LogP contribution is 2.31. The molecular weight excluding hydrogens is 1130 g/mol. The van der Waals surface area contributed by atoms with Crippen LogP contribution in [0.4, 0.5) is 0 Å². The number of ketones is 3. The van der Waals surface area contributed by atoms with Crippen LogP contribution in [0.5, 0.6) is 17.2 Å². The molecular formula is C79H85N3O9. The number of fused-ring (bicyclic) bond motifs is 3. The van der Waals surface area contributed by atoms with Gasteiger partial charge in [0, 0.05) is 58.2 Å². The lowest BCUT2D eigenvalue weighted by Gasteiger charge is -2.20. The molecule has 0 bridgehead atoms. The lowest BCUT2D eigenvalue weighted by molar-refractivity contribution is -0.136. The lowest BCUT2D eigenvalue weighted by Crippen LogP contribution is -2.23. The summed E-state index contributed by atoms with van der Waals surface area (Å²) in [5.41, 5.74) is 23.3. The van der Waals surface area contributed by atoms with E-state index in [0.29, 0.717) is 67.6 Å². The Morgan fingerprint density at radius 2 is 0.648 bits per heavy atom. The smallest absolute Gasteiger partial charge is 0.311 e. The summed E-state index contributed by atoms with van der Waals surface area (Å²) in [7, 11) is 0. The third-order valence-electron chi connectivity index (χ3n) is 17.6. The van der Waals surface area contributed by atoms with Crippen LogP contribution in [0.3, 0.4) is 0 Å². The normalized spacial score (nSPS) is 14.2. The minimum Gasteiger partial charge on any atom is -0.427 e.